The predicted molar refractivity (Wildman–Crippen MR) is 120 cm³/mol. The van der Waals surface area contributed by atoms with Crippen molar-refractivity contribution in [3.8, 4) is 0 Å². The number of aliphatic hydroxyl groups is 2. The second kappa shape index (κ2) is 7.97. The van der Waals surface area contributed by atoms with Gasteiger partial charge in [-0.05, 0) is 111 Å². The molecule has 0 aromatic carbocycles. The first-order chi connectivity index (χ1) is 13.7. The van der Waals surface area contributed by atoms with Crippen LogP contribution in [-0.4, -0.2) is 22.4 Å². The standard InChI is InChI=1S/C27H46O2/c1-17(2)6-11-25(29)18(3)22-9-10-23-21-8-7-19-16-20(28)12-14-26(19,4)24(21)13-15-27(22,23)5/h7,17-18,20-25,28-29H,6,8-16H2,1-5H3/t18-,20-,21-,22+,23-,24-,25-,26-,27+/m1/s1. The highest BCUT2D eigenvalue weighted by Crippen LogP contribution is 2.67. The van der Waals surface area contributed by atoms with Gasteiger partial charge in [0.25, 0.3) is 0 Å². The van der Waals surface area contributed by atoms with E-state index in [-0.39, 0.29) is 12.2 Å². The number of hydrogen-bond acceptors (Lipinski definition) is 2. The van der Waals surface area contributed by atoms with Gasteiger partial charge in [0.05, 0.1) is 12.2 Å². The van der Waals surface area contributed by atoms with Gasteiger partial charge in [-0.2, -0.15) is 0 Å². The van der Waals surface area contributed by atoms with Crippen LogP contribution >= 0.6 is 0 Å². The zero-order chi connectivity index (χ0) is 21.0. The highest BCUT2D eigenvalue weighted by molar-refractivity contribution is 5.25. The van der Waals surface area contributed by atoms with Gasteiger partial charge >= 0.3 is 0 Å². The lowest BCUT2D eigenvalue weighted by Gasteiger charge is -2.58. The van der Waals surface area contributed by atoms with Gasteiger partial charge in [0.2, 0.25) is 0 Å². The highest BCUT2D eigenvalue weighted by atomic mass is 16.3. The number of hydrogen-bond donors (Lipinski definition) is 2. The molecule has 0 bridgehead atoms. The van der Waals surface area contributed by atoms with E-state index in [9.17, 15) is 10.2 Å². The van der Waals surface area contributed by atoms with Gasteiger partial charge in [-0.3, -0.25) is 0 Å². The van der Waals surface area contributed by atoms with Crippen molar-refractivity contribution in [2.45, 2.75) is 111 Å². The normalized spacial score (nSPS) is 46.5. The van der Waals surface area contributed by atoms with Gasteiger partial charge in [0.1, 0.15) is 0 Å². The summed E-state index contributed by atoms with van der Waals surface area (Å²) in [4.78, 5) is 0. The van der Waals surface area contributed by atoms with E-state index in [4.69, 9.17) is 0 Å². The van der Waals surface area contributed by atoms with Crippen LogP contribution in [0.5, 0.6) is 0 Å². The van der Waals surface area contributed by atoms with Gasteiger partial charge in [0.15, 0.2) is 0 Å². The molecule has 3 fully saturated rings. The monoisotopic (exact) mass is 402 g/mol. The highest BCUT2D eigenvalue weighted by Gasteiger charge is 2.59. The minimum absolute atomic E-state index is 0.108. The fourth-order valence-corrected chi connectivity index (χ4v) is 8.58. The molecule has 0 heterocycles. The van der Waals surface area contributed by atoms with Crippen LogP contribution in [0.1, 0.15) is 98.8 Å². The molecule has 0 radical (unpaired) electrons. The molecule has 0 saturated heterocycles. The SMILES string of the molecule is CC(C)CC[C@@H](O)[C@H](C)[C@@H]1CC[C@@H]2[C@H]3CC=C4C[C@H](O)CC[C@@]4(C)[C@@H]3CC[C@]21C. The molecule has 0 aliphatic heterocycles. The van der Waals surface area contributed by atoms with Crippen LogP contribution in [0.25, 0.3) is 0 Å². The third-order valence-electron chi connectivity index (χ3n) is 10.4. The summed E-state index contributed by atoms with van der Waals surface area (Å²) in [6, 6.07) is 0. The van der Waals surface area contributed by atoms with Gasteiger partial charge in [-0.15, -0.1) is 0 Å². The van der Waals surface area contributed by atoms with Gasteiger partial charge < -0.3 is 10.2 Å². The second-order valence-corrected chi connectivity index (χ2v) is 12.3. The van der Waals surface area contributed by atoms with Crippen molar-refractivity contribution >= 4 is 0 Å². The molecule has 9 atom stereocenters. The number of aliphatic hydroxyl groups excluding tert-OH is 2. The van der Waals surface area contributed by atoms with Crippen LogP contribution in [0.15, 0.2) is 11.6 Å². The summed E-state index contributed by atoms with van der Waals surface area (Å²) in [5.41, 5.74) is 2.33. The maximum Gasteiger partial charge on any atom is 0.0577 e. The van der Waals surface area contributed by atoms with E-state index >= 15 is 0 Å². The largest absolute Gasteiger partial charge is 0.393 e. The van der Waals surface area contributed by atoms with E-state index in [0.717, 1.165) is 43.4 Å². The van der Waals surface area contributed by atoms with Crippen molar-refractivity contribution in [3.63, 3.8) is 0 Å². The summed E-state index contributed by atoms with van der Waals surface area (Å²) in [7, 11) is 0. The molecule has 0 aromatic heterocycles. The summed E-state index contributed by atoms with van der Waals surface area (Å²) >= 11 is 0. The minimum atomic E-state index is -0.133. The van der Waals surface area contributed by atoms with Gasteiger partial charge in [0, 0.05) is 0 Å². The summed E-state index contributed by atoms with van der Waals surface area (Å²) in [5, 5.41) is 21.2. The minimum Gasteiger partial charge on any atom is -0.393 e. The number of allylic oxidation sites excluding steroid dienone is 1. The molecule has 2 heteroatoms. The Kier molecular flexibility index (Phi) is 6.01. The lowest BCUT2D eigenvalue weighted by Crippen LogP contribution is -2.51. The van der Waals surface area contributed by atoms with E-state index < -0.39 is 0 Å². The molecule has 4 aliphatic rings. The maximum atomic E-state index is 11.0. The summed E-state index contributed by atoms with van der Waals surface area (Å²) in [5.74, 6) is 4.25. The third-order valence-corrected chi connectivity index (χ3v) is 10.4. The van der Waals surface area contributed by atoms with E-state index in [1.807, 2.05) is 0 Å². The molecule has 4 rings (SSSR count). The Labute approximate surface area is 179 Å². The Morgan fingerprint density at radius 2 is 1.76 bits per heavy atom. The first kappa shape index (κ1) is 21.9. The smallest absolute Gasteiger partial charge is 0.0577 e. The molecule has 0 spiro atoms. The van der Waals surface area contributed by atoms with Gasteiger partial charge in [-0.1, -0.05) is 46.3 Å². The van der Waals surface area contributed by atoms with E-state index in [1.54, 1.807) is 5.57 Å². The molecule has 0 unspecified atom stereocenters. The fourth-order valence-electron chi connectivity index (χ4n) is 8.58. The van der Waals surface area contributed by atoms with Crippen molar-refractivity contribution in [1.82, 2.24) is 0 Å². The maximum absolute atomic E-state index is 11.0. The van der Waals surface area contributed by atoms with Crippen molar-refractivity contribution in [2.75, 3.05) is 0 Å². The van der Waals surface area contributed by atoms with Crippen LogP contribution in [0.4, 0.5) is 0 Å². The van der Waals surface area contributed by atoms with Crippen molar-refractivity contribution in [1.29, 1.82) is 0 Å². The summed E-state index contributed by atoms with van der Waals surface area (Å²) in [6.45, 7) is 12.0. The van der Waals surface area contributed by atoms with E-state index in [2.05, 4.69) is 40.7 Å². The molecular weight excluding hydrogens is 356 g/mol. The van der Waals surface area contributed by atoms with Crippen LogP contribution < -0.4 is 0 Å². The van der Waals surface area contributed by atoms with Crippen LogP contribution in [0.3, 0.4) is 0 Å². The Morgan fingerprint density at radius 1 is 1.00 bits per heavy atom. The van der Waals surface area contributed by atoms with Crippen LogP contribution in [0, 0.1) is 46.3 Å². The van der Waals surface area contributed by atoms with Crippen molar-refractivity contribution in [2.24, 2.45) is 46.3 Å². The lowest BCUT2D eigenvalue weighted by atomic mass is 9.47. The molecule has 2 nitrogen and oxygen atoms in total. The average molecular weight is 403 g/mol. The molecule has 0 amide bonds. The Balaban J connectivity index is 1.51. The van der Waals surface area contributed by atoms with Crippen LogP contribution in [-0.2, 0) is 0 Å². The van der Waals surface area contributed by atoms with E-state index in [0.29, 0.717) is 28.6 Å². The van der Waals surface area contributed by atoms with Crippen molar-refractivity contribution < 1.29 is 10.2 Å². The zero-order valence-corrected chi connectivity index (χ0v) is 19.7. The molecule has 166 valence electrons. The van der Waals surface area contributed by atoms with Gasteiger partial charge in [-0.25, -0.2) is 0 Å². The number of fused-ring (bicyclic) bond motifs is 5. The molecule has 29 heavy (non-hydrogen) atoms. The first-order valence-corrected chi connectivity index (χ1v) is 12.7. The van der Waals surface area contributed by atoms with E-state index in [1.165, 1.54) is 38.5 Å². The number of rotatable bonds is 5. The zero-order valence-electron chi connectivity index (χ0n) is 19.7. The third kappa shape index (κ3) is 3.65. The topological polar surface area (TPSA) is 40.5 Å². The molecule has 0 aromatic rings. The lowest BCUT2D eigenvalue weighted by molar-refractivity contribution is -0.0681. The molecule has 4 aliphatic carbocycles. The molecule has 2 N–H and O–H groups in total. The van der Waals surface area contributed by atoms with Crippen molar-refractivity contribution in [3.05, 3.63) is 11.6 Å². The first-order valence-electron chi connectivity index (χ1n) is 12.7. The quantitative estimate of drug-likeness (QED) is 0.525. The Hall–Kier alpha value is -0.340. The second-order valence-electron chi connectivity index (χ2n) is 12.3. The average Bonchev–Trinajstić information content (AvgIpc) is 3.03. The Bertz CT molecular complexity index is 624. The molecular formula is C27H46O2. The Morgan fingerprint density at radius 3 is 2.48 bits per heavy atom. The predicted octanol–water partition coefficient (Wildman–Crippen LogP) is 6.36. The molecule has 3 saturated carbocycles. The fraction of sp³-hybridized carbons (Fsp3) is 0.926. The summed E-state index contributed by atoms with van der Waals surface area (Å²) < 4.78 is 0. The van der Waals surface area contributed by atoms with Crippen LogP contribution in [0.2, 0.25) is 0 Å². The summed E-state index contributed by atoms with van der Waals surface area (Å²) in [6.07, 6.45) is 14.1.